The number of hydrogen-bond donors (Lipinski definition) is 0. The van der Waals surface area contributed by atoms with E-state index in [1.807, 2.05) is 25.1 Å². The van der Waals surface area contributed by atoms with E-state index in [9.17, 15) is 4.79 Å². The minimum atomic E-state index is 0.217. The van der Waals surface area contributed by atoms with Gasteiger partial charge in [-0.2, -0.15) is 0 Å². The first-order valence-corrected chi connectivity index (χ1v) is 6.49. The van der Waals surface area contributed by atoms with E-state index in [1.54, 1.807) is 7.11 Å². The Labute approximate surface area is 108 Å². The Morgan fingerprint density at radius 1 is 1.39 bits per heavy atom. The predicted molar refractivity (Wildman–Crippen MR) is 70.3 cm³/mol. The van der Waals surface area contributed by atoms with E-state index in [4.69, 9.17) is 9.47 Å². The van der Waals surface area contributed by atoms with Gasteiger partial charge in [0.1, 0.15) is 6.29 Å². The topological polar surface area (TPSA) is 35.5 Å². The highest BCUT2D eigenvalue weighted by Gasteiger charge is 2.22. The summed E-state index contributed by atoms with van der Waals surface area (Å²) in [5, 5.41) is 0. The van der Waals surface area contributed by atoms with Crippen molar-refractivity contribution in [1.29, 1.82) is 0 Å². The van der Waals surface area contributed by atoms with Gasteiger partial charge >= 0.3 is 0 Å². The lowest BCUT2D eigenvalue weighted by Crippen LogP contribution is -2.02. The molecule has 1 unspecified atom stereocenters. The zero-order valence-corrected chi connectivity index (χ0v) is 11.0. The molecule has 0 heterocycles. The number of carbonyl (C=O) groups is 1. The summed E-state index contributed by atoms with van der Waals surface area (Å²) in [6.07, 6.45) is 4.04. The van der Waals surface area contributed by atoms with Gasteiger partial charge in [0.25, 0.3) is 0 Å². The fraction of sp³-hybridized carbons (Fsp3) is 0.533. The Balaban J connectivity index is 2.08. The Morgan fingerprint density at radius 3 is 2.78 bits per heavy atom. The second kappa shape index (κ2) is 5.89. The second-order valence-corrected chi connectivity index (χ2v) is 4.97. The number of methoxy groups -OCH3 is 1. The van der Waals surface area contributed by atoms with Crippen LogP contribution in [0, 0.1) is 5.92 Å². The maximum Gasteiger partial charge on any atom is 0.161 e. The summed E-state index contributed by atoms with van der Waals surface area (Å²) in [5.41, 5.74) is 1.11. The molecule has 1 fully saturated rings. The van der Waals surface area contributed by atoms with Crippen LogP contribution < -0.4 is 9.47 Å². The largest absolute Gasteiger partial charge is 0.493 e. The molecule has 0 spiro atoms. The zero-order valence-electron chi connectivity index (χ0n) is 11.0. The van der Waals surface area contributed by atoms with Crippen LogP contribution in [0.2, 0.25) is 0 Å². The van der Waals surface area contributed by atoms with Crippen molar-refractivity contribution in [2.24, 2.45) is 5.92 Å². The second-order valence-electron chi connectivity index (χ2n) is 4.97. The monoisotopic (exact) mass is 248 g/mol. The van der Waals surface area contributed by atoms with Crippen molar-refractivity contribution in [2.45, 2.75) is 32.1 Å². The van der Waals surface area contributed by atoms with E-state index >= 15 is 0 Å². The van der Waals surface area contributed by atoms with E-state index in [1.165, 1.54) is 12.8 Å². The summed E-state index contributed by atoms with van der Waals surface area (Å²) in [5.74, 6) is 2.50. The molecule has 3 heteroatoms. The van der Waals surface area contributed by atoms with Crippen LogP contribution in [0.5, 0.6) is 11.5 Å². The number of ether oxygens (including phenoxy) is 2. The van der Waals surface area contributed by atoms with Crippen molar-refractivity contribution in [3.05, 3.63) is 23.8 Å². The van der Waals surface area contributed by atoms with Gasteiger partial charge in [0.15, 0.2) is 11.5 Å². The molecule has 1 aliphatic carbocycles. The molecule has 0 saturated heterocycles. The van der Waals surface area contributed by atoms with Gasteiger partial charge in [-0.3, -0.25) is 0 Å². The maximum absolute atomic E-state index is 10.5. The van der Waals surface area contributed by atoms with Crippen molar-refractivity contribution in [3.63, 3.8) is 0 Å². The third-order valence-corrected chi connectivity index (χ3v) is 3.38. The normalized spacial score (nSPS) is 16.1. The van der Waals surface area contributed by atoms with Crippen molar-refractivity contribution in [2.75, 3.05) is 13.7 Å². The summed E-state index contributed by atoms with van der Waals surface area (Å²) in [6.45, 7) is 2.81. The molecular formula is C15H20O3. The van der Waals surface area contributed by atoms with Crippen LogP contribution in [-0.2, 0) is 4.79 Å². The Kier molecular flexibility index (Phi) is 4.24. The predicted octanol–water partition coefficient (Wildman–Crippen LogP) is 3.18. The van der Waals surface area contributed by atoms with Gasteiger partial charge in [-0.1, -0.05) is 13.0 Å². The number of benzene rings is 1. The number of carbonyl (C=O) groups excluding carboxylic acids is 1. The van der Waals surface area contributed by atoms with Gasteiger partial charge in [-0.05, 0) is 42.4 Å². The van der Waals surface area contributed by atoms with Gasteiger partial charge in [-0.25, -0.2) is 0 Å². The molecule has 0 radical (unpaired) electrons. The van der Waals surface area contributed by atoms with Crippen LogP contribution in [0.15, 0.2) is 18.2 Å². The smallest absolute Gasteiger partial charge is 0.161 e. The van der Waals surface area contributed by atoms with Gasteiger partial charge in [0.05, 0.1) is 13.7 Å². The molecule has 1 aliphatic rings. The average Bonchev–Trinajstić information content (AvgIpc) is 3.20. The van der Waals surface area contributed by atoms with Crippen molar-refractivity contribution < 1.29 is 14.3 Å². The third kappa shape index (κ3) is 3.25. The molecule has 1 aromatic rings. The Bertz CT molecular complexity index is 410. The highest BCUT2D eigenvalue weighted by Crippen LogP contribution is 2.34. The zero-order chi connectivity index (χ0) is 13.0. The molecule has 0 N–H and O–H groups in total. The first-order chi connectivity index (χ1) is 8.74. The number of hydrogen-bond acceptors (Lipinski definition) is 3. The maximum atomic E-state index is 10.5. The van der Waals surface area contributed by atoms with E-state index < -0.39 is 0 Å². The quantitative estimate of drug-likeness (QED) is 0.695. The van der Waals surface area contributed by atoms with Crippen LogP contribution in [-0.4, -0.2) is 20.0 Å². The first kappa shape index (κ1) is 12.9. The molecule has 2 rings (SSSR count). The minimum absolute atomic E-state index is 0.217. The summed E-state index contributed by atoms with van der Waals surface area (Å²) >= 11 is 0. The summed E-state index contributed by atoms with van der Waals surface area (Å²) in [4.78, 5) is 10.5. The highest BCUT2D eigenvalue weighted by atomic mass is 16.5. The average molecular weight is 248 g/mol. The van der Waals surface area contributed by atoms with Crippen LogP contribution in [0.4, 0.5) is 0 Å². The first-order valence-electron chi connectivity index (χ1n) is 6.49. The molecule has 0 aliphatic heterocycles. The molecule has 0 bridgehead atoms. The van der Waals surface area contributed by atoms with Crippen molar-refractivity contribution in [1.82, 2.24) is 0 Å². The molecular weight excluding hydrogens is 228 g/mol. The fourth-order valence-electron chi connectivity index (χ4n) is 1.88. The molecule has 0 amide bonds. The van der Waals surface area contributed by atoms with Gasteiger partial charge in [0, 0.05) is 6.42 Å². The van der Waals surface area contributed by atoms with Gasteiger partial charge in [-0.15, -0.1) is 0 Å². The lowest BCUT2D eigenvalue weighted by molar-refractivity contribution is -0.108. The van der Waals surface area contributed by atoms with Crippen LogP contribution in [0.3, 0.4) is 0 Å². The van der Waals surface area contributed by atoms with E-state index in [0.717, 1.165) is 35.9 Å². The third-order valence-electron chi connectivity index (χ3n) is 3.38. The molecule has 1 aromatic carbocycles. The van der Waals surface area contributed by atoms with Crippen LogP contribution in [0.25, 0.3) is 0 Å². The summed E-state index contributed by atoms with van der Waals surface area (Å²) < 4.78 is 11.1. The van der Waals surface area contributed by atoms with E-state index in [-0.39, 0.29) is 5.92 Å². The number of aldehydes is 1. The molecule has 3 nitrogen and oxygen atoms in total. The highest BCUT2D eigenvalue weighted by molar-refractivity contribution is 5.52. The van der Waals surface area contributed by atoms with Crippen LogP contribution in [0.1, 0.15) is 37.7 Å². The Morgan fingerprint density at radius 2 is 2.17 bits per heavy atom. The SMILES string of the molecule is COc1cc(C(C)CC=O)ccc1OCC1CC1. The summed E-state index contributed by atoms with van der Waals surface area (Å²) in [7, 11) is 1.65. The number of rotatable bonds is 7. The molecule has 1 atom stereocenters. The lowest BCUT2D eigenvalue weighted by Gasteiger charge is -2.14. The van der Waals surface area contributed by atoms with E-state index in [2.05, 4.69) is 0 Å². The lowest BCUT2D eigenvalue weighted by atomic mass is 9.98. The van der Waals surface area contributed by atoms with Gasteiger partial charge in [0.2, 0.25) is 0 Å². The molecule has 98 valence electrons. The minimum Gasteiger partial charge on any atom is -0.493 e. The van der Waals surface area contributed by atoms with Gasteiger partial charge < -0.3 is 14.3 Å². The standard InChI is InChI=1S/C15H20O3/c1-11(7-8-16)13-5-6-14(15(9-13)17-2)18-10-12-3-4-12/h5-6,8-9,11-12H,3-4,7,10H2,1-2H3. The van der Waals surface area contributed by atoms with Crippen molar-refractivity contribution in [3.8, 4) is 11.5 Å². The summed E-state index contributed by atoms with van der Waals surface area (Å²) in [6, 6.07) is 5.92. The molecule has 1 saturated carbocycles. The fourth-order valence-corrected chi connectivity index (χ4v) is 1.88. The molecule has 0 aromatic heterocycles. The van der Waals surface area contributed by atoms with Crippen molar-refractivity contribution >= 4 is 6.29 Å². The molecule has 18 heavy (non-hydrogen) atoms. The Hall–Kier alpha value is -1.51. The van der Waals surface area contributed by atoms with Crippen LogP contribution >= 0.6 is 0 Å². The van der Waals surface area contributed by atoms with E-state index in [0.29, 0.717) is 6.42 Å².